The average molecular weight is 652 g/mol. The van der Waals surface area contributed by atoms with E-state index in [1.54, 1.807) is 0 Å². The fourth-order valence-electron chi connectivity index (χ4n) is 4.49. The molecule has 44 heavy (non-hydrogen) atoms. The summed E-state index contributed by atoms with van der Waals surface area (Å²) in [5.41, 5.74) is 0.341. The van der Waals surface area contributed by atoms with E-state index in [0.717, 1.165) is 24.8 Å². The third-order valence-electron chi connectivity index (χ3n) is 6.55. The van der Waals surface area contributed by atoms with Crippen molar-refractivity contribution in [2.24, 2.45) is 0 Å². The van der Waals surface area contributed by atoms with Gasteiger partial charge in [-0.15, -0.1) is 10.2 Å². The van der Waals surface area contributed by atoms with Crippen molar-refractivity contribution in [1.29, 1.82) is 0 Å². The third kappa shape index (κ3) is 5.58. The molecule has 12 nitrogen and oxygen atoms in total. The van der Waals surface area contributed by atoms with E-state index in [1.807, 2.05) is 0 Å². The van der Waals surface area contributed by atoms with E-state index in [-0.39, 0.29) is 50.5 Å². The molecule has 0 N–H and O–H groups in total. The molecule has 0 amide bonds. The Morgan fingerprint density at radius 3 is 2.34 bits per heavy atom. The zero-order valence-electron chi connectivity index (χ0n) is 21.8. The Kier molecular flexibility index (Phi) is 7.73. The molecule has 0 bridgehead atoms. The molecule has 0 aliphatic heterocycles. The molecule has 1 atom stereocenters. The number of hydrogen-bond donors (Lipinski definition) is 0. The van der Waals surface area contributed by atoms with E-state index < -0.39 is 24.8 Å². The van der Waals surface area contributed by atoms with Gasteiger partial charge in [-0.25, -0.2) is 17.9 Å². The minimum absolute atomic E-state index is 0.0485. The highest BCUT2D eigenvalue weighted by molar-refractivity contribution is 6.31. The first-order chi connectivity index (χ1) is 21.1. The Bertz CT molecular complexity index is 1950. The summed E-state index contributed by atoms with van der Waals surface area (Å²) in [6.45, 7) is -3.06. The Morgan fingerprint density at radius 2 is 1.68 bits per heavy atom. The van der Waals surface area contributed by atoms with Crippen LogP contribution >= 0.6 is 23.2 Å². The third-order valence-corrected chi connectivity index (χ3v) is 7.02. The summed E-state index contributed by atoms with van der Waals surface area (Å²) in [6, 6.07) is 4.68. The minimum Gasteiger partial charge on any atom is -0.618 e. The maximum atomic E-state index is 15.4. The molecule has 0 aliphatic rings. The number of alkyl halides is 4. The molecule has 0 aliphatic carbocycles. The van der Waals surface area contributed by atoms with E-state index in [4.69, 9.17) is 23.2 Å². The van der Waals surface area contributed by atoms with Crippen LogP contribution in [0.4, 0.5) is 22.0 Å². The van der Waals surface area contributed by atoms with E-state index in [0.29, 0.717) is 15.0 Å². The van der Waals surface area contributed by atoms with Crippen LogP contribution in [0.1, 0.15) is 30.3 Å². The number of hydrogen-bond acceptors (Lipinski definition) is 7. The van der Waals surface area contributed by atoms with Gasteiger partial charge in [0.05, 0.1) is 58.7 Å². The summed E-state index contributed by atoms with van der Waals surface area (Å²) in [4.78, 5) is 0. The van der Waals surface area contributed by atoms with Crippen molar-refractivity contribution in [3.05, 3.63) is 100 Å². The Morgan fingerprint density at radius 1 is 0.864 bits per heavy atom. The molecule has 226 valence electrons. The highest BCUT2D eigenvalue weighted by Gasteiger charge is 2.27. The summed E-state index contributed by atoms with van der Waals surface area (Å²) >= 11 is 12.0. The molecule has 6 aromatic rings. The van der Waals surface area contributed by atoms with Gasteiger partial charge in [0.25, 0.3) is 6.43 Å². The molecule has 19 heteroatoms. The summed E-state index contributed by atoms with van der Waals surface area (Å²) in [7, 11) is 0. The van der Waals surface area contributed by atoms with Gasteiger partial charge in [0.1, 0.15) is 5.69 Å². The second kappa shape index (κ2) is 11.6. The van der Waals surface area contributed by atoms with Crippen LogP contribution in [-0.2, 0) is 6.54 Å². The molecular formula is C25H16Cl2F5N11O. The monoisotopic (exact) mass is 651 g/mol. The maximum Gasteiger partial charge on any atom is 0.334 e. The van der Waals surface area contributed by atoms with Crippen molar-refractivity contribution in [3.8, 4) is 28.1 Å². The standard InChI is InChI=1S/C25H16Cl2F5N11O/c26-16-2-4-19(41-12-21(27)36-38-41)22(23(16)28)13-1-3-18(43(44)9-13)20(11-39-7-15(6-33-39)24(29)30)40-8-14(5-34-40)17-10-42(25(31)32)37-35-17/h1-10,12,20,24-25H,11H2/t20-/m0/s1. The van der Waals surface area contributed by atoms with Crippen LogP contribution in [0.15, 0.2) is 67.6 Å². The summed E-state index contributed by atoms with van der Waals surface area (Å²) in [5.74, 6) is -0.829. The number of benzene rings is 1. The van der Waals surface area contributed by atoms with Crippen molar-refractivity contribution in [1.82, 2.24) is 49.5 Å². The smallest absolute Gasteiger partial charge is 0.334 e. The summed E-state index contributed by atoms with van der Waals surface area (Å²) in [5, 5.41) is 36.3. The van der Waals surface area contributed by atoms with Crippen LogP contribution in [-0.4, -0.2) is 49.5 Å². The van der Waals surface area contributed by atoms with Crippen LogP contribution in [0.25, 0.3) is 28.1 Å². The molecular weight excluding hydrogens is 636 g/mol. The molecule has 1 aromatic carbocycles. The van der Waals surface area contributed by atoms with Crippen molar-refractivity contribution >= 4 is 23.2 Å². The lowest BCUT2D eigenvalue weighted by Crippen LogP contribution is -2.37. The number of rotatable bonds is 9. The number of pyridine rings is 1. The second-order valence-corrected chi connectivity index (χ2v) is 10.1. The molecule has 0 unspecified atom stereocenters. The van der Waals surface area contributed by atoms with E-state index >= 15 is 4.39 Å². The molecule has 0 spiro atoms. The van der Waals surface area contributed by atoms with Gasteiger partial charge in [0, 0.05) is 24.0 Å². The fourth-order valence-corrected chi connectivity index (χ4v) is 4.78. The lowest BCUT2D eigenvalue weighted by atomic mass is 10.0. The van der Waals surface area contributed by atoms with Crippen molar-refractivity contribution < 1.29 is 26.7 Å². The maximum absolute atomic E-state index is 15.4. The Balaban J connectivity index is 1.42. The summed E-state index contributed by atoms with van der Waals surface area (Å²) < 4.78 is 72.5. The van der Waals surface area contributed by atoms with Gasteiger partial charge < -0.3 is 5.21 Å². The van der Waals surface area contributed by atoms with Gasteiger partial charge in [0.15, 0.2) is 23.2 Å². The molecule has 0 saturated heterocycles. The first-order valence-corrected chi connectivity index (χ1v) is 13.2. The minimum atomic E-state index is -2.91. The first kappa shape index (κ1) is 29.2. The SMILES string of the molecule is [O-][n+]1cc(-c2c(-n3cc(Cl)nn3)ccc(Cl)c2F)ccc1[C@H](Cn1cc(C(F)F)cn1)n1cc(-c2cn(C(F)F)nn2)cn1. The lowest BCUT2D eigenvalue weighted by Gasteiger charge is -2.18. The fraction of sp³-hybridized carbons (Fsp3) is 0.160. The topological polar surface area (TPSA) is 124 Å². The largest absolute Gasteiger partial charge is 0.618 e. The first-order valence-electron chi connectivity index (χ1n) is 12.4. The predicted molar refractivity (Wildman–Crippen MR) is 144 cm³/mol. The Labute approximate surface area is 253 Å². The number of halogens is 7. The van der Waals surface area contributed by atoms with Crippen molar-refractivity contribution in [3.63, 3.8) is 0 Å². The lowest BCUT2D eigenvalue weighted by molar-refractivity contribution is -0.615. The predicted octanol–water partition coefficient (Wildman–Crippen LogP) is 5.29. The zero-order valence-corrected chi connectivity index (χ0v) is 23.3. The van der Waals surface area contributed by atoms with E-state index in [2.05, 4.69) is 30.8 Å². The summed E-state index contributed by atoms with van der Waals surface area (Å²) in [6.07, 6.45) is 5.55. The Hall–Kier alpha value is -4.90. The average Bonchev–Trinajstić information content (AvgIpc) is 3.80. The van der Waals surface area contributed by atoms with Gasteiger partial charge in [-0.1, -0.05) is 33.6 Å². The molecule has 5 aromatic heterocycles. The second-order valence-electron chi connectivity index (χ2n) is 9.29. The number of nitrogens with zero attached hydrogens (tertiary/aromatic N) is 11. The van der Waals surface area contributed by atoms with Crippen molar-refractivity contribution in [2.75, 3.05) is 0 Å². The molecule has 0 saturated carbocycles. The van der Waals surface area contributed by atoms with Crippen molar-refractivity contribution in [2.45, 2.75) is 25.6 Å². The van der Waals surface area contributed by atoms with Crippen LogP contribution in [0.5, 0.6) is 0 Å². The molecule has 5 heterocycles. The molecule has 6 rings (SSSR count). The highest BCUT2D eigenvalue weighted by Crippen LogP contribution is 2.34. The normalized spacial score (nSPS) is 12.5. The van der Waals surface area contributed by atoms with Gasteiger partial charge in [-0.05, 0) is 18.2 Å². The van der Waals surface area contributed by atoms with Crippen LogP contribution < -0.4 is 4.73 Å². The van der Waals surface area contributed by atoms with Gasteiger partial charge >= 0.3 is 6.55 Å². The van der Waals surface area contributed by atoms with Gasteiger partial charge in [-0.3, -0.25) is 9.36 Å². The van der Waals surface area contributed by atoms with Crippen LogP contribution in [0.2, 0.25) is 10.2 Å². The van der Waals surface area contributed by atoms with E-state index in [1.165, 1.54) is 56.9 Å². The zero-order chi connectivity index (χ0) is 31.1. The van der Waals surface area contributed by atoms with Crippen LogP contribution in [0.3, 0.4) is 0 Å². The number of aromatic nitrogens is 11. The van der Waals surface area contributed by atoms with Crippen LogP contribution in [0, 0.1) is 11.0 Å². The highest BCUT2D eigenvalue weighted by atomic mass is 35.5. The van der Waals surface area contributed by atoms with E-state index in [9.17, 15) is 22.8 Å². The quantitative estimate of drug-likeness (QED) is 0.118. The molecule has 0 radical (unpaired) electrons. The van der Waals surface area contributed by atoms with Gasteiger partial charge in [-0.2, -0.15) is 28.4 Å². The van der Waals surface area contributed by atoms with Gasteiger partial charge in [0.2, 0.25) is 5.69 Å². The molecule has 0 fully saturated rings.